The maximum absolute atomic E-state index is 12.2. The van der Waals surface area contributed by atoms with Crippen molar-refractivity contribution in [1.82, 2.24) is 15.1 Å². The third kappa shape index (κ3) is 4.27. The van der Waals surface area contributed by atoms with Crippen LogP contribution in [0.4, 0.5) is 5.69 Å². The van der Waals surface area contributed by atoms with Crippen molar-refractivity contribution >= 4 is 17.6 Å². The second-order valence-electron chi connectivity index (χ2n) is 5.01. The molecule has 8 nitrogen and oxygen atoms in total. The topological polar surface area (TPSA) is 105 Å². The Morgan fingerprint density at radius 2 is 2.33 bits per heavy atom. The Balaban J connectivity index is 1.91. The molecule has 0 saturated carbocycles. The molecule has 2 unspecified atom stereocenters. The predicted molar refractivity (Wildman–Crippen MR) is 74.9 cm³/mol. The second kappa shape index (κ2) is 7.19. The first-order valence-electron chi connectivity index (χ1n) is 6.96. The van der Waals surface area contributed by atoms with Gasteiger partial charge in [0.2, 0.25) is 5.91 Å². The van der Waals surface area contributed by atoms with E-state index in [4.69, 9.17) is 9.84 Å². The van der Waals surface area contributed by atoms with Crippen molar-refractivity contribution in [3.05, 3.63) is 12.4 Å². The van der Waals surface area contributed by atoms with Crippen LogP contribution in [-0.2, 0) is 20.9 Å². The highest BCUT2D eigenvalue weighted by atomic mass is 16.5. The Kier molecular flexibility index (Phi) is 5.29. The maximum atomic E-state index is 12.2. The van der Waals surface area contributed by atoms with Crippen LogP contribution in [-0.4, -0.2) is 52.6 Å². The molecule has 0 bridgehead atoms. The standard InChI is InChI=1S/C13H20N4O4/c1-2-3-14-11-8-21-7-10(11)13(20)16-9-4-15-17(5-9)6-12(18)19/h4-5,10-11,14H,2-3,6-8H2,1H3,(H,16,20)(H,18,19). The van der Waals surface area contributed by atoms with Gasteiger partial charge in [-0.25, -0.2) is 0 Å². The van der Waals surface area contributed by atoms with Gasteiger partial charge >= 0.3 is 5.97 Å². The molecule has 0 spiro atoms. The minimum Gasteiger partial charge on any atom is -0.480 e. The first kappa shape index (κ1) is 15.5. The van der Waals surface area contributed by atoms with Gasteiger partial charge in [0.15, 0.2) is 0 Å². The zero-order valence-electron chi connectivity index (χ0n) is 11.9. The van der Waals surface area contributed by atoms with E-state index in [-0.39, 0.29) is 24.4 Å². The van der Waals surface area contributed by atoms with Crippen LogP contribution in [0, 0.1) is 5.92 Å². The number of carbonyl (C=O) groups is 2. The molecule has 1 saturated heterocycles. The second-order valence-corrected chi connectivity index (χ2v) is 5.01. The molecule has 3 N–H and O–H groups in total. The molecule has 1 aromatic rings. The quantitative estimate of drug-likeness (QED) is 0.650. The highest BCUT2D eigenvalue weighted by Crippen LogP contribution is 2.16. The van der Waals surface area contributed by atoms with Crippen molar-refractivity contribution in [2.24, 2.45) is 5.92 Å². The van der Waals surface area contributed by atoms with Gasteiger partial charge in [0.1, 0.15) is 6.54 Å². The fourth-order valence-corrected chi connectivity index (χ4v) is 2.23. The van der Waals surface area contributed by atoms with E-state index >= 15 is 0 Å². The van der Waals surface area contributed by atoms with Gasteiger partial charge in [0, 0.05) is 12.2 Å². The zero-order chi connectivity index (χ0) is 15.2. The highest BCUT2D eigenvalue weighted by molar-refractivity contribution is 5.93. The molecule has 8 heteroatoms. The number of rotatable bonds is 7. The number of aromatic nitrogens is 2. The van der Waals surface area contributed by atoms with Crippen LogP contribution in [0.2, 0.25) is 0 Å². The molecule has 1 fully saturated rings. The molecule has 2 atom stereocenters. The van der Waals surface area contributed by atoms with Gasteiger partial charge in [-0.3, -0.25) is 14.3 Å². The van der Waals surface area contributed by atoms with Crippen molar-refractivity contribution in [3.63, 3.8) is 0 Å². The first-order valence-corrected chi connectivity index (χ1v) is 6.96. The average Bonchev–Trinajstić information content (AvgIpc) is 3.05. The molecule has 0 aromatic carbocycles. The molecular weight excluding hydrogens is 276 g/mol. The van der Waals surface area contributed by atoms with Gasteiger partial charge < -0.3 is 20.5 Å². The van der Waals surface area contributed by atoms with Gasteiger partial charge in [-0.2, -0.15) is 5.10 Å². The summed E-state index contributed by atoms with van der Waals surface area (Å²) in [5.41, 5.74) is 0.488. The summed E-state index contributed by atoms with van der Waals surface area (Å²) in [5, 5.41) is 18.6. The van der Waals surface area contributed by atoms with E-state index in [1.54, 1.807) is 0 Å². The van der Waals surface area contributed by atoms with E-state index in [0.29, 0.717) is 18.9 Å². The Bertz CT molecular complexity index is 502. The fourth-order valence-electron chi connectivity index (χ4n) is 2.23. The summed E-state index contributed by atoms with van der Waals surface area (Å²) in [5.74, 6) is -1.38. The summed E-state index contributed by atoms with van der Waals surface area (Å²) in [4.78, 5) is 22.8. The van der Waals surface area contributed by atoms with Gasteiger partial charge in [-0.1, -0.05) is 6.92 Å². The Hall–Kier alpha value is -1.93. The van der Waals surface area contributed by atoms with E-state index in [1.165, 1.54) is 17.1 Å². The molecule has 21 heavy (non-hydrogen) atoms. The number of carboxylic acid groups (broad SMARTS) is 1. The van der Waals surface area contributed by atoms with Crippen molar-refractivity contribution in [3.8, 4) is 0 Å². The van der Waals surface area contributed by atoms with Crippen molar-refractivity contribution in [2.75, 3.05) is 25.1 Å². The molecular formula is C13H20N4O4. The summed E-state index contributed by atoms with van der Waals surface area (Å²) < 4.78 is 6.62. The smallest absolute Gasteiger partial charge is 0.325 e. The van der Waals surface area contributed by atoms with Gasteiger partial charge in [-0.05, 0) is 13.0 Å². The number of nitrogens with one attached hydrogen (secondary N) is 2. The highest BCUT2D eigenvalue weighted by Gasteiger charge is 2.33. The number of hydrogen-bond acceptors (Lipinski definition) is 5. The Morgan fingerprint density at radius 1 is 1.52 bits per heavy atom. The summed E-state index contributed by atoms with van der Waals surface area (Å²) in [7, 11) is 0. The summed E-state index contributed by atoms with van der Waals surface area (Å²) >= 11 is 0. The molecule has 2 heterocycles. The molecule has 0 radical (unpaired) electrons. The summed E-state index contributed by atoms with van der Waals surface area (Å²) in [6, 6.07) is 0.0130. The Labute approximate surface area is 122 Å². The van der Waals surface area contributed by atoms with E-state index in [9.17, 15) is 9.59 Å². The van der Waals surface area contributed by atoms with Crippen LogP contribution in [0.5, 0.6) is 0 Å². The third-order valence-electron chi connectivity index (χ3n) is 3.27. The number of nitrogens with zero attached hydrogens (tertiary/aromatic N) is 2. The molecule has 1 aliphatic heterocycles. The van der Waals surface area contributed by atoms with Crippen molar-refractivity contribution < 1.29 is 19.4 Å². The summed E-state index contributed by atoms with van der Waals surface area (Å²) in [6.07, 6.45) is 3.92. The number of anilines is 1. The van der Waals surface area contributed by atoms with Gasteiger partial charge in [0.25, 0.3) is 0 Å². The average molecular weight is 296 g/mol. The number of hydrogen-bond donors (Lipinski definition) is 3. The lowest BCUT2D eigenvalue weighted by molar-refractivity contribution is -0.137. The number of amides is 1. The van der Waals surface area contributed by atoms with Gasteiger partial charge in [0.05, 0.1) is 31.0 Å². The molecule has 2 rings (SSSR count). The van der Waals surface area contributed by atoms with Crippen molar-refractivity contribution in [2.45, 2.75) is 25.9 Å². The third-order valence-corrected chi connectivity index (χ3v) is 3.27. The molecule has 1 aromatic heterocycles. The largest absolute Gasteiger partial charge is 0.480 e. The van der Waals surface area contributed by atoms with Crippen molar-refractivity contribution in [1.29, 1.82) is 0 Å². The number of carboxylic acids is 1. The lowest BCUT2D eigenvalue weighted by Crippen LogP contribution is -2.41. The normalized spacial score (nSPS) is 21.4. The van der Waals surface area contributed by atoms with E-state index < -0.39 is 5.97 Å². The first-order chi connectivity index (χ1) is 10.1. The van der Waals surface area contributed by atoms with Crippen LogP contribution in [0.25, 0.3) is 0 Å². The molecule has 1 aliphatic rings. The SMILES string of the molecule is CCCNC1COCC1C(=O)Nc1cnn(CC(=O)O)c1. The fraction of sp³-hybridized carbons (Fsp3) is 0.615. The molecule has 0 aliphatic carbocycles. The predicted octanol–water partition coefficient (Wildman–Crippen LogP) is -0.0792. The van der Waals surface area contributed by atoms with Crippen LogP contribution in [0.1, 0.15) is 13.3 Å². The summed E-state index contributed by atoms with van der Waals surface area (Å²) in [6.45, 7) is 3.58. The van der Waals surface area contributed by atoms with Gasteiger partial charge in [-0.15, -0.1) is 0 Å². The van der Waals surface area contributed by atoms with Crippen LogP contribution in [0.3, 0.4) is 0 Å². The number of aliphatic carboxylic acids is 1. The maximum Gasteiger partial charge on any atom is 0.325 e. The van der Waals surface area contributed by atoms with E-state index in [0.717, 1.165) is 13.0 Å². The minimum absolute atomic E-state index is 0.0130. The lowest BCUT2D eigenvalue weighted by Gasteiger charge is -2.17. The number of ether oxygens (including phenoxy) is 1. The zero-order valence-corrected chi connectivity index (χ0v) is 11.9. The van der Waals surface area contributed by atoms with Crippen LogP contribution in [0.15, 0.2) is 12.4 Å². The van der Waals surface area contributed by atoms with Crippen LogP contribution < -0.4 is 10.6 Å². The molecule has 116 valence electrons. The monoisotopic (exact) mass is 296 g/mol. The Morgan fingerprint density at radius 3 is 3.05 bits per heavy atom. The van der Waals surface area contributed by atoms with Crippen LogP contribution >= 0.6 is 0 Å². The lowest BCUT2D eigenvalue weighted by atomic mass is 10.0. The number of carbonyl (C=O) groups excluding carboxylic acids is 1. The molecule has 1 amide bonds. The van der Waals surface area contributed by atoms with E-state index in [1.807, 2.05) is 0 Å². The minimum atomic E-state index is -0.982. The van der Waals surface area contributed by atoms with E-state index in [2.05, 4.69) is 22.7 Å².